The number of aliphatic hydroxyl groups is 1. The van der Waals surface area contributed by atoms with Crippen molar-refractivity contribution in [1.82, 2.24) is 9.78 Å². The van der Waals surface area contributed by atoms with Crippen molar-refractivity contribution in [1.29, 1.82) is 0 Å². The number of hydrogen-bond acceptors (Lipinski definition) is 5. The van der Waals surface area contributed by atoms with E-state index >= 15 is 0 Å². The second-order valence-corrected chi connectivity index (χ2v) is 12.8. The summed E-state index contributed by atoms with van der Waals surface area (Å²) in [5, 5.41) is 15.4. The van der Waals surface area contributed by atoms with Gasteiger partial charge in [0.25, 0.3) is 5.91 Å². The predicted molar refractivity (Wildman–Crippen MR) is 132 cm³/mol. The van der Waals surface area contributed by atoms with Gasteiger partial charge in [-0.2, -0.15) is 5.10 Å². The molecule has 1 aromatic rings. The number of nitrogens with two attached hydrogens (primary N) is 1. The average molecular weight is 486 g/mol. The molecule has 4 fully saturated rings. The fourth-order valence-corrected chi connectivity index (χ4v) is 9.22. The molecule has 4 aliphatic carbocycles. The topological polar surface area (TPSA) is 107 Å². The van der Waals surface area contributed by atoms with E-state index < -0.39 is 11.5 Å². The first kappa shape index (κ1) is 24.9. The first-order valence-corrected chi connectivity index (χ1v) is 13.7. The predicted octanol–water partition coefficient (Wildman–Crippen LogP) is 3.98. The van der Waals surface area contributed by atoms with Gasteiger partial charge in [-0.25, -0.2) is 0 Å². The van der Waals surface area contributed by atoms with Crippen molar-refractivity contribution in [2.45, 2.75) is 90.2 Å². The molecule has 7 heteroatoms. The number of ketones is 1. The maximum absolute atomic E-state index is 13.4. The quantitative estimate of drug-likeness (QED) is 0.607. The zero-order valence-electron chi connectivity index (χ0n) is 21.7. The Morgan fingerprint density at radius 3 is 2.60 bits per heavy atom. The summed E-state index contributed by atoms with van der Waals surface area (Å²) in [6, 6.07) is 0. The molecule has 0 radical (unpaired) electrons. The zero-order chi connectivity index (χ0) is 25.0. The van der Waals surface area contributed by atoms with E-state index in [-0.39, 0.29) is 23.7 Å². The molecule has 0 aromatic carbocycles. The lowest BCUT2D eigenvalue weighted by molar-refractivity contribution is -0.157. The van der Waals surface area contributed by atoms with Gasteiger partial charge in [0.05, 0.1) is 23.9 Å². The van der Waals surface area contributed by atoms with E-state index in [9.17, 15) is 14.7 Å². The molecule has 0 aliphatic heterocycles. The van der Waals surface area contributed by atoms with Crippen molar-refractivity contribution in [3.8, 4) is 0 Å². The zero-order valence-corrected chi connectivity index (χ0v) is 21.7. The largest absolute Gasteiger partial charge is 0.390 e. The number of hydrogen-bond donors (Lipinski definition) is 2. The third-order valence-corrected chi connectivity index (χ3v) is 11.2. The van der Waals surface area contributed by atoms with Gasteiger partial charge in [-0.1, -0.05) is 13.8 Å². The molecule has 194 valence electrons. The summed E-state index contributed by atoms with van der Waals surface area (Å²) in [6.45, 7) is 5.73. The van der Waals surface area contributed by atoms with E-state index in [1.54, 1.807) is 18.0 Å². The second-order valence-electron chi connectivity index (χ2n) is 12.8. The van der Waals surface area contributed by atoms with Crippen LogP contribution in [-0.2, 0) is 16.1 Å². The van der Waals surface area contributed by atoms with Gasteiger partial charge in [-0.15, -0.1) is 0 Å². The molecule has 5 rings (SSSR count). The van der Waals surface area contributed by atoms with Crippen LogP contribution in [0.3, 0.4) is 0 Å². The molecule has 8 atom stereocenters. The van der Waals surface area contributed by atoms with Crippen LogP contribution in [0.2, 0.25) is 0 Å². The van der Waals surface area contributed by atoms with Gasteiger partial charge >= 0.3 is 0 Å². The summed E-state index contributed by atoms with van der Waals surface area (Å²) < 4.78 is 6.85. The van der Waals surface area contributed by atoms with Crippen LogP contribution in [0, 0.1) is 40.4 Å². The van der Waals surface area contributed by atoms with Gasteiger partial charge in [0.2, 0.25) is 0 Å². The molecule has 0 bridgehead atoms. The Morgan fingerprint density at radius 2 is 1.89 bits per heavy atom. The molecule has 3 N–H and O–H groups in total. The van der Waals surface area contributed by atoms with Crippen molar-refractivity contribution in [3.63, 3.8) is 0 Å². The Bertz CT molecular complexity index is 977. The maximum Gasteiger partial charge on any atom is 0.251 e. The summed E-state index contributed by atoms with van der Waals surface area (Å²) >= 11 is 0. The van der Waals surface area contributed by atoms with Crippen molar-refractivity contribution in [2.75, 3.05) is 13.7 Å². The van der Waals surface area contributed by atoms with Gasteiger partial charge in [0.1, 0.15) is 0 Å². The lowest BCUT2D eigenvalue weighted by atomic mass is 9.43. The Balaban J connectivity index is 1.29. The summed E-state index contributed by atoms with van der Waals surface area (Å²) in [7, 11) is 1.72. The van der Waals surface area contributed by atoms with Crippen molar-refractivity contribution < 1.29 is 19.4 Å². The second kappa shape index (κ2) is 8.98. The first-order chi connectivity index (χ1) is 16.6. The standard InChI is InChI=1S/C28H43N3O4/c1-26-10-11-28(34,12-13-35-3)14-19(26)4-5-20-21-6-7-23(27(21,2)9-8-22(20)26)24(32)17-31-16-18(15-30-31)25(29)33/h15-16,19-23,34H,4-14,17H2,1-3H3,(H2,29,33)/t19-,20-,21-,22-,23+,26-,27-,28-/m0/s1. The van der Waals surface area contributed by atoms with Crippen molar-refractivity contribution in [2.24, 2.45) is 46.2 Å². The number of nitrogens with zero attached hydrogens (tertiary/aromatic N) is 2. The number of fused-ring (bicyclic) bond motifs is 5. The number of carbonyl (C=O) groups excluding carboxylic acids is 2. The number of ether oxygens (including phenoxy) is 1. The van der Waals surface area contributed by atoms with Crippen LogP contribution in [0.1, 0.15) is 88.4 Å². The highest BCUT2D eigenvalue weighted by Crippen LogP contribution is 2.68. The van der Waals surface area contributed by atoms with Crippen LogP contribution in [0.15, 0.2) is 12.4 Å². The smallest absolute Gasteiger partial charge is 0.251 e. The minimum atomic E-state index is -0.568. The number of carbonyl (C=O) groups is 2. The molecular weight excluding hydrogens is 442 g/mol. The Labute approximate surface area is 209 Å². The van der Waals surface area contributed by atoms with Gasteiger partial charge in [-0.05, 0) is 98.7 Å². The molecule has 0 spiro atoms. The number of methoxy groups -OCH3 is 1. The van der Waals surface area contributed by atoms with E-state index in [0.717, 1.165) is 44.9 Å². The van der Waals surface area contributed by atoms with Crippen LogP contribution < -0.4 is 5.73 Å². The van der Waals surface area contributed by atoms with Gasteiger partial charge in [0, 0.05) is 25.8 Å². The highest BCUT2D eigenvalue weighted by Gasteiger charge is 2.62. The summed E-state index contributed by atoms with van der Waals surface area (Å²) in [6.07, 6.45) is 13.5. The third-order valence-electron chi connectivity index (χ3n) is 11.2. The number of rotatable bonds is 7. The normalized spacial score (nSPS) is 42.7. The fourth-order valence-electron chi connectivity index (χ4n) is 9.22. The summed E-state index contributed by atoms with van der Waals surface area (Å²) in [5.41, 5.74) is 5.48. The molecule has 1 heterocycles. The van der Waals surface area contributed by atoms with E-state index in [0.29, 0.717) is 41.3 Å². The lowest BCUT2D eigenvalue weighted by Crippen LogP contribution is -2.56. The van der Waals surface area contributed by atoms with E-state index in [4.69, 9.17) is 10.5 Å². The fraction of sp³-hybridized carbons (Fsp3) is 0.821. The van der Waals surface area contributed by atoms with Gasteiger partial charge in [0.15, 0.2) is 5.78 Å². The van der Waals surface area contributed by atoms with E-state index in [1.807, 2.05) is 0 Å². The van der Waals surface area contributed by atoms with Gasteiger partial charge < -0.3 is 15.6 Å². The lowest BCUT2D eigenvalue weighted by Gasteiger charge is -2.62. The van der Waals surface area contributed by atoms with E-state index in [1.165, 1.54) is 25.5 Å². The summed E-state index contributed by atoms with van der Waals surface area (Å²) in [5.74, 6) is 2.36. The average Bonchev–Trinajstić information content (AvgIpc) is 3.42. The van der Waals surface area contributed by atoms with Crippen LogP contribution in [-0.4, -0.2) is 45.9 Å². The molecular formula is C28H43N3O4. The van der Waals surface area contributed by atoms with Crippen LogP contribution >= 0.6 is 0 Å². The monoisotopic (exact) mass is 485 g/mol. The maximum atomic E-state index is 13.4. The molecule has 7 nitrogen and oxygen atoms in total. The van der Waals surface area contributed by atoms with E-state index in [2.05, 4.69) is 18.9 Å². The molecule has 35 heavy (non-hydrogen) atoms. The molecule has 1 aromatic heterocycles. The van der Waals surface area contributed by atoms with Crippen LogP contribution in [0.25, 0.3) is 0 Å². The molecule has 0 saturated heterocycles. The molecule has 0 unspecified atom stereocenters. The minimum Gasteiger partial charge on any atom is -0.390 e. The SMILES string of the molecule is COCC[C@@]1(O)CC[C@@]2(C)[C@@H](CC[C@@H]3[C@@H]2CC[C@]2(C)[C@@H](C(=O)Cn4cc(C(N)=O)cn4)CC[C@@H]32)C1. The minimum absolute atomic E-state index is 0.0506. The summed E-state index contributed by atoms with van der Waals surface area (Å²) in [4.78, 5) is 24.8. The number of amides is 1. The molecule has 4 saturated carbocycles. The first-order valence-electron chi connectivity index (χ1n) is 13.7. The van der Waals surface area contributed by atoms with Crippen molar-refractivity contribution in [3.05, 3.63) is 18.0 Å². The number of aromatic nitrogens is 2. The Morgan fingerprint density at radius 1 is 1.11 bits per heavy atom. The Hall–Kier alpha value is -1.73. The molecule has 1 amide bonds. The highest BCUT2D eigenvalue weighted by atomic mass is 16.5. The number of Topliss-reactive ketones (excluding diaryl/α,β-unsaturated/α-hetero) is 1. The highest BCUT2D eigenvalue weighted by molar-refractivity contribution is 5.92. The van der Waals surface area contributed by atoms with Gasteiger partial charge in [-0.3, -0.25) is 14.3 Å². The van der Waals surface area contributed by atoms with Crippen LogP contribution in [0.5, 0.6) is 0 Å². The van der Waals surface area contributed by atoms with Crippen molar-refractivity contribution >= 4 is 11.7 Å². The Kier molecular flexibility index (Phi) is 6.40. The third kappa shape index (κ3) is 4.16. The van der Waals surface area contributed by atoms with Crippen LogP contribution in [0.4, 0.5) is 0 Å². The number of primary amides is 1. The molecule has 4 aliphatic rings.